The predicted molar refractivity (Wildman–Crippen MR) is 82.6 cm³/mol. The third-order valence-electron chi connectivity index (χ3n) is 2.90. The number of carbonyl (C=O) groups excluding carboxylic acids is 1. The van der Waals surface area contributed by atoms with Crippen molar-refractivity contribution in [1.29, 1.82) is 0 Å². The Bertz CT molecular complexity index is 231. The molecule has 0 fully saturated rings. The van der Waals surface area contributed by atoms with Crippen molar-refractivity contribution >= 4 is 5.78 Å². The highest BCUT2D eigenvalue weighted by molar-refractivity contribution is 5.81. The van der Waals surface area contributed by atoms with Gasteiger partial charge in [-0.25, -0.2) is 0 Å². The fourth-order valence-corrected chi connectivity index (χ4v) is 1.45. The van der Waals surface area contributed by atoms with E-state index in [2.05, 4.69) is 6.92 Å². The maximum absolute atomic E-state index is 11.3. The average Bonchev–Trinajstić information content (AvgIpc) is 2.47. The molecule has 0 heterocycles. The van der Waals surface area contributed by atoms with Gasteiger partial charge in [-0.2, -0.15) is 0 Å². The summed E-state index contributed by atoms with van der Waals surface area (Å²) in [7, 11) is 0. The smallest absolute Gasteiger partial charge is 0.160 e. The van der Waals surface area contributed by atoms with Crippen LogP contribution in [0.1, 0.15) is 40.0 Å². The summed E-state index contributed by atoms with van der Waals surface area (Å²) in [5, 5.41) is 0. The lowest BCUT2D eigenvalue weighted by atomic mass is 10.1. The van der Waals surface area contributed by atoms with Crippen molar-refractivity contribution < 1.29 is 23.7 Å². The van der Waals surface area contributed by atoms with E-state index in [9.17, 15) is 4.79 Å². The first-order valence-corrected chi connectivity index (χ1v) is 8.02. The van der Waals surface area contributed by atoms with Gasteiger partial charge in [0.1, 0.15) is 6.61 Å². The molecule has 0 aromatic carbocycles. The first kappa shape index (κ1) is 20.5. The molecule has 0 saturated heterocycles. The van der Waals surface area contributed by atoms with E-state index in [1.807, 2.05) is 13.8 Å². The highest BCUT2D eigenvalue weighted by atomic mass is 16.6. The maximum atomic E-state index is 11.3. The van der Waals surface area contributed by atoms with Crippen molar-refractivity contribution in [2.24, 2.45) is 5.92 Å². The molecule has 0 amide bonds. The van der Waals surface area contributed by atoms with Gasteiger partial charge >= 0.3 is 0 Å². The molecule has 0 unspecified atom stereocenters. The number of carbonyl (C=O) groups is 1. The van der Waals surface area contributed by atoms with Crippen molar-refractivity contribution in [1.82, 2.24) is 0 Å². The van der Waals surface area contributed by atoms with E-state index >= 15 is 0 Å². The topological polar surface area (TPSA) is 54.0 Å². The lowest BCUT2D eigenvalue weighted by Gasteiger charge is -2.08. The molecule has 0 aromatic heterocycles. The lowest BCUT2D eigenvalue weighted by molar-refractivity contribution is -0.127. The van der Waals surface area contributed by atoms with Crippen LogP contribution in [0, 0.1) is 5.92 Å². The minimum absolute atomic E-state index is 0.0310. The number of unbranched alkanes of at least 4 members (excludes halogenated alkanes) is 2. The molecule has 5 heteroatoms. The first-order valence-electron chi connectivity index (χ1n) is 8.02. The van der Waals surface area contributed by atoms with Gasteiger partial charge in [0.05, 0.1) is 39.6 Å². The van der Waals surface area contributed by atoms with E-state index in [1.165, 1.54) is 12.8 Å². The van der Waals surface area contributed by atoms with Crippen molar-refractivity contribution in [2.45, 2.75) is 40.0 Å². The Balaban J connectivity index is 3.04. The van der Waals surface area contributed by atoms with Crippen molar-refractivity contribution in [3.8, 4) is 0 Å². The number of ether oxygens (including phenoxy) is 4. The second kappa shape index (κ2) is 15.9. The monoisotopic (exact) mass is 304 g/mol. The fourth-order valence-electron chi connectivity index (χ4n) is 1.45. The largest absolute Gasteiger partial charge is 0.379 e. The molecule has 0 spiro atoms. The SMILES string of the molecule is CCCCCOCCOCCOCCOCC(=O)C(C)C. The van der Waals surface area contributed by atoms with Crippen LogP contribution in [0.4, 0.5) is 0 Å². The van der Waals surface area contributed by atoms with E-state index in [-0.39, 0.29) is 18.3 Å². The second-order valence-corrected chi connectivity index (χ2v) is 5.22. The van der Waals surface area contributed by atoms with Crippen molar-refractivity contribution in [2.75, 3.05) is 52.9 Å². The Kier molecular flexibility index (Phi) is 15.5. The van der Waals surface area contributed by atoms with Gasteiger partial charge in [-0.15, -0.1) is 0 Å². The number of hydrogen-bond donors (Lipinski definition) is 0. The van der Waals surface area contributed by atoms with Gasteiger partial charge in [-0.1, -0.05) is 33.6 Å². The molecule has 0 aliphatic heterocycles. The zero-order chi connectivity index (χ0) is 15.8. The minimum atomic E-state index is 0.0310. The highest BCUT2D eigenvalue weighted by Gasteiger charge is 2.06. The molecule has 0 aliphatic carbocycles. The summed E-state index contributed by atoms with van der Waals surface area (Å²) in [6.45, 7) is 10.2. The lowest BCUT2D eigenvalue weighted by Crippen LogP contribution is -2.17. The van der Waals surface area contributed by atoms with E-state index < -0.39 is 0 Å². The van der Waals surface area contributed by atoms with E-state index in [1.54, 1.807) is 0 Å². The molecule has 0 rings (SSSR count). The molecule has 126 valence electrons. The van der Waals surface area contributed by atoms with E-state index in [0.717, 1.165) is 13.0 Å². The van der Waals surface area contributed by atoms with Gasteiger partial charge in [0, 0.05) is 12.5 Å². The normalized spacial score (nSPS) is 11.2. The molecule has 0 N–H and O–H groups in total. The third-order valence-corrected chi connectivity index (χ3v) is 2.90. The Labute approximate surface area is 129 Å². The zero-order valence-electron chi connectivity index (χ0n) is 13.9. The molecule has 0 radical (unpaired) electrons. The van der Waals surface area contributed by atoms with Gasteiger partial charge in [-0.05, 0) is 6.42 Å². The van der Waals surface area contributed by atoms with E-state index in [4.69, 9.17) is 18.9 Å². The molecule has 0 aromatic rings. The molecule has 5 nitrogen and oxygen atoms in total. The molecular formula is C16H32O5. The van der Waals surface area contributed by atoms with Gasteiger partial charge in [-0.3, -0.25) is 4.79 Å². The summed E-state index contributed by atoms with van der Waals surface area (Å²) >= 11 is 0. The van der Waals surface area contributed by atoms with Crippen LogP contribution in [0.5, 0.6) is 0 Å². The number of ketones is 1. The van der Waals surface area contributed by atoms with Gasteiger partial charge in [0.2, 0.25) is 0 Å². The van der Waals surface area contributed by atoms with Crippen LogP contribution in [0.3, 0.4) is 0 Å². The summed E-state index contributed by atoms with van der Waals surface area (Å²) in [6, 6.07) is 0. The van der Waals surface area contributed by atoms with Crippen LogP contribution in [-0.2, 0) is 23.7 Å². The van der Waals surface area contributed by atoms with Crippen LogP contribution in [-0.4, -0.2) is 58.6 Å². The summed E-state index contributed by atoms with van der Waals surface area (Å²) in [6.07, 6.45) is 3.56. The number of hydrogen-bond acceptors (Lipinski definition) is 5. The van der Waals surface area contributed by atoms with Crippen molar-refractivity contribution in [3.05, 3.63) is 0 Å². The molecule has 0 atom stereocenters. The Morgan fingerprint density at radius 3 is 1.71 bits per heavy atom. The molecule has 0 saturated carbocycles. The average molecular weight is 304 g/mol. The van der Waals surface area contributed by atoms with E-state index in [0.29, 0.717) is 39.6 Å². The molecule has 0 bridgehead atoms. The summed E-state index contributed by atoms with van der Waals surface area (Å²) < 4.78 is 21.3. The summed E-state index contributed by atoms with van der Waals surface area (Å²) in [4.78, 5) is 11.3. The second-order valence-electron chi connectivity index (χ2n) is 5.22. The number of Topliss-reactive ketones (excluding diaryl/α,β-unsaturated/α-hetero) is 1. The van der Waals surface area contributed by atoms with Crippen LogP contribution < -0.4 is 0 Å². The van der Waals surface area contributed by atoms with Crippen LogP contribution in [0.25, 0.3) is 0 Å². The zero-order valence-corrected chi connectivity index (χ0v) is 13.9. The van der Waals surface area contributed by atoms with Crippen LogP contribution >= 0.6 is 0 Å². The number of rotatable bonds is 16. The first-order chi connectivity index (χ1) is 10.2. The minimum Gasteiger partial charge on any atom is -0.379 e. The van der Waals surface area contributed by atoms with Crippen LogP contribution in [0.2, 0.25) is 0 Å². The molecule has 0 aliphatic rings. The van der Waals surface area contributed by atoms with Gasteiger partial charge in [0.15, 0.2) is 5.78 Å². The Hall–Kier alpha value is -0.490. The Morgan fingerprint density at radius 2 is 1.24 bits per heavy atom. The van der Waals surface area contributed by atoms with Gasteiger partial charge in [0.25, 0.3) is 0 Å². The van der Waals surface area contributed by atoms with Crippen molar-refractivity contribution in [3.63, 3.8) is 0 Å². The molecular weight excluding hydrogens is 272 g/mol. The summed E-state index contributed by atoms with van der Waals surface area (Å²) in [5.41, 5.74) is 0. The third kappa shape index (κ3) is 15.7. The quantitative estimate of drug-likeness (QED) is 0.410. The highest BCUT2D eigenvalue weighted by Crippen LogP contribution is 1.95. The Morgan fingerprint density at radius 1 is 0.762 bits per heavy atom. The summed E-state index contributed by atoms with van der Waals surface area (Å²) in [5.74, 6) is 0.153. The van der Waals surface area contributed by atoms with Crippen LogP contribution in [0.15, 0.2) is 0 Å². The van der Waals surface area contributed by atoms with Gasteiger partial charge < -0.3 is 18.9 Å². The maximum Gasteiger partial charge on any atom is 0.160 e. The standard InChI is InChI=1S/C16H32O5/c1-4-5-6-7-18-8-9-19-10-11-20-12-13-21-14-16(17)15(2)3/h15H,4-14H2,1-3H3. The molecule has 21 heavy (non-hydrogen) atoms. The predicted octanol–water partition coefficient (Wildman–Crippen LogP) is 2.47. The fraction of sp³-hybridized carbons (Fsp3) is 0.938.